The highest BCUT2D eigenvalue weighted by Crippen LogP contribution is 2.27. The van der Waals surface area contributed by atoms with Crippen LogP contribution in [0.15, 0.2) is 48.2 Å². The zero-order valence-corrected chi connectivity index (χ0v) is 12.1. The Kier molecular flexibility index (Phi) is 4.07. The molecule has 0 spiro atoms. The lowest BCUT2D eigenvalue weighted by Gasteiger charge is -2.06. The number of thiophene rings is 1. The smallest absolute Gasteiger partial charge is 0.319 e. The summed E-state index contributed by atoms with van der Waals surface area (Å²) in [7, 11) is 0. The lowest BCUT2D eigenvalue weighted by molar-refractivity contribution is 0.252. The number of pyridine rings is 2. The van der Waals surface area contributed by atoms with Gasteiger partial charge in [-0.15, -0.1) is 11.3 Å². The molecule has 0 aliphatic heterocycles. The molecule has 0 saturated heterocycles. The highest BCUT2D eigenvalue weighted by Gasteiger charge is 2.07. The van der Waals surface area contributed by atoms with Crippen LogP contribution in [0, 0.1) is 0 Å². The average molecular weight is 298 g/mol. The molecule has 0 saturated carbocycles. The molecule has 3 rings (SSSR count). The maximum atomic E-state index is 11.9. The van der Waals surface area contributed by atoms with Gasteiger partial charge in [-0.1, -0.05) is 6.07 Å². The van der Waals surface area contributed by atoms with Gasteiger partial charge in [-0.25, -0.2) is 9.78 Å². The Bertz CT molecular complexity index is 742. The van der Waals surface area contributed by atoms with E-state index in [-0.39, 0.29) is 6.03 Å². The predicted molar refractivity (Wildman–Crippen MR) is 84.6 cm³/mol. The van der Waals surface area contributed by atoms with Crippen LogP contribution in [0.4, 0.5) is 10.5 Å². The zero-order valence-electron chi connectivity index (χ0n) is 11.2. The third kappa shape index (κ3) is 3.35. The molecule has 3 aromatic rings. The average Bonchev–Trinajstić information content (AvgIpc) is 2.92. The summed E-state index contributed by atoms with van der Waals surface area (Å²) in [5.74, 6) is 0. The lowest BCUT2D eigenvalue weighted by atomic mass is 10.2. The van der Waals surface area contributed by atoms with Crippen molar-refractivity contribution in [2.75, 3.05) is 11.9 Å². The molecule has 2 N–H and O–H groups in total. The third-order valence-electron chi connectivity index (χ3n) is 3.02. The molecule has 0 fully saturated rings. The molecule has 0 aliphatic carbocycles. The summed E-state index contributed by atoms with van der Waals surface area (Å²) in [6.07, 6.45) is 6.04. The maximum Gasteiger partial charge on any atom is 0.319 e. The van der Waals surface area contributed by atoms with Crippen molar-refractivity contribution >= 4 is 33.3 Å². The second kappa shape index (κ2) is 6.32. The second-order valence-corrected chi connectivity index (χ2v) is 5.36. The van der Waals surface area contributed by atoms with Crippen LogP contribution in [0.5, 0.6) is 0 Å². The van der Waals surface area contributed by atoms with Crippen molar-refractivity contribution in [2.45, 2.75) is 6.42 Å². The number of fused-ring (bicyclic) bond motifs is 1. The first kappa shape index (κ1) is 13.5. The van der Waals surface area contributed by atoms with E-state index in [0.717, 1.165) is 27.9 Å². The van der Waals surface area contributed by atoms with Crippen LogP contribution < -0.4 is 10.6 Å². The Hall–Kier alpha value is -2.47. The number of amides is 2. The molecule has 21 heavy (non-hydrogen) atoms. The fourth-order valence-corrected chi connectivity index (χ4v) is 2.84. The molecule has 0 radical (unpaired) electrons. The van der Waals surface area contributed by atoms with Crippen LogP contribution in [0.1, 0.15) is 5.56 Å². The molecule has 0 aromatic carbocycles. The Morgan fingerprint density at radius 3 is 3.00 bits per heavy atom. The van der Waals surface area contributed by atoms with E-state index in [2.05, 4.69) is 20.6 Å². The molecule has 0 atom stereocenters. The number of rotatable bonds is 4. The van der Waals surface area contributed by atoms with Gasteiger partial charge in [-0.3, -0.25) is 4.98 Å². The van der Waals surface area contributed by atoms with E-state index >= 15 is 0 Å². The first-order valence-corrected chi connectivity index (χ1v) is 7.47. The Morgan fingerprint density at radius 1 is 1.24 bits per heavy atom. The van der Waals surface area contributed by atoms with Gasteiger partial charge < -0.3 is 10.6 Å². The molecule has 6 heteroatoms. The number of carbonyl (C=O) groups is 1. The summed E-state index contributed by atoms with van der Waals surface area (Å²) in [6, 6.07) is 7.48. The first-order chi connectivity index (χ1) is 10.3. The summed E-state index contributed by atoms with van der Waals surface area (Å²) < 4.78 is 0. The minimum absolute atomic E-state index is 0.206. The standard InChI is InChI=1S/C15H14N4OS/c20-15(18-8-5-11-3-1-6-16-9-11)19-13-10-21-14-12(13)4-2-7-17-14/h1-4,6-7,9-10H,5,8H2,(H2,18,19,20). The van der Waals surface area contributed by atoms with Crippen molar-refractivity contribution in [1.29, 1.82) is 0 Å². The van der Waals surface area contributed by atoms with E-state index in [9.17, 15) is 4.79 Å². The molecule has 3 aromatic heterocycles. The number of hydrogen-bond acceptors (Lipinski definition) is 4. The van der Waals surface area contributed by atoms with Gasteiger partial charge in [0.05, 0.1) is 5.69 Å². The van der Waals surface area contributed by atoms with Gasteiger partial charge in [-0.2, -0.15) is 0 Å². The molecule has 0 bridgehead atoms. The van der Waals surface area contributed by atoms with Crippen molar-refractivity contribution in [3.8, 4) is 0 Å². The van der Waals surface area contributed by atoms with Crippen LogP contribution >= 0.6 is 11.3 Å². The summed E-state index contributed by atoms with van der Waals surface area (Å²) in [5, 5.41) is 8.56. The van der Waals surface area contributed by atoms with Gasteiger partial charge in [0.15, 0.2) is 0 Å². The summed E-state index contributed by atoms with van der Waals surface area (Å²) >= 11 is 1.51. The number of urea groups is 1. The van der Waals surface area contributed by atoms with Crippen molar-refractivity contribution in [3.63, 3.8) is 0 Å². The Labute approximate surface area is 126 Å². The van der Waals surface area contributed by atoms with E-state index in [0.29, 0.717) is 6.54 Å². The molecule has 0 unspecified atom stereocenters. The van der Waals surface area contributed by atoms with Crippen molar-refractivity contribution in [3.05, 3.63) is 53.8 Å². The number of anilines is 1. The quantitative estimate of drug-likeness (QED) is 0.778. The van der Waals surface area contributed by atoms with Gasteiger partial charge in [-0.05, 0) is 30.2 Å². The predicted octanol–water partition coefficient (Wildman–Crippen LogP) is 3.06. The maximum absolute atomic E-state index is 11.9. The van der Waals surface area contributed by atoms with E-state index in [1.807, 2.05) is 29.6 Å². The summed E-state index contributed by atoms with van der Waals surface area (Å²) in [4.78, 5) is 21.1. The van der Waals surface area contributed by atoms with Gasteiger partial charge >= 0.3 is 6.03 Å². The molecular weight excluding hydrogens is 284 g/mol. The van der Waals surface area contributed by atoms with Crippen molar-refractivity contribution in [1.82, 2.24) is 15.3 Å². The van der Waals surface area contributed by atoms with Gasteiger partial charge in [0.2, 0.25) is 0 Å². The SMILES string of the molecule is O=C(NCCc1cccnc1)Nc1csc2ncccc12. The van der Waals surface area contributed by atoms with Crippen molar-refractivity contribution < 1.29 is 4.79 Å². The second-order valence-electron chi connectivity index (χ2n) is 4.50. The van der Waals surface area contributed by atoms with E-state index in [1.54, 1.807) is 18.6 Å². The Morgan fingerprint density at radius 2 is 2.14 bits per heavy atom. The number of aromatic nitrogens is 2. The fraction of sp³-hybridized carbons (Fsp3) is 0.133. The zero-order chi connectivity index (χ0) is 14.5. The number of hydrogen-bond donors (Lipinski definition) is 2. The van der Waals surface area contributed by atoms with E-state index < -0.39 is 0 Å². The largest absolute Gasteiger partial charge is 0.338 e. The topological polar surface area (TPSA) is 66.9 Å². The van der Waals surface area contributed by atoms with Crippen LogP contribution in [-0.4, -0.2) is 22.5 Å². The van der Waals surface area contributed by atoms with E-state index in [4.69, 9.17) is 0 Å². The normalized spacial score (nSPS) is 10.5. The van der Waals surface area contributed by atoms with Crippen LogP contribution in [-0.2, 0) is 6.42 Å². The molecule has 3 heterocycles. The van der Waals surface area contributed by atoms with Crippen LogP contribution in [0.2, 0.25) is 0 Å². The van der Waals surface area contributed by atoms with Crippen LogP contribution in [0.3, 0.4) is 0 Å². The molecule has 106 valence electrons. The third-order valence-corrected chi connectivity index (χ3v) is 3.92. The van der Waals surface area contributed by atoms with E-state index in [1.165, 1.54) is 11.3 Å². The Balaban J connectivity index is 1.55. The lowest BCUT2D eigenvalue weighted by Crippen LogP contribution is -2.30. The number of carbonyl (C=O) groups excluding carboxylic acids is 1. The molecule has 0 aliphatic rings. The first-order valence-electron chi connectivity index (χ1n) is 6.59. The molecule has 5 nitrogen and oxygen atoms in total. The van der Waals surface area contributed by atoms with Gasteiger partial charge in [0, 0.05) is 35.9 Å². The number of nitrogens with zero attached hydrogens (tertiary/aromatic N) is 2. The monoisotopic (exact) mass is 298 g/mol. The van der Waals surface area contributed by atoms with Crippen molar-refractivity contribution in [2.24, 2.45) is 0 Å². The minimum atomic E-state index is -0.206. The molecular formula is C15H14N4OS. The number of nitrogens with one attached hydrogen (secondary N) is 2. The summed E-state index contributed by atoms with van der Waals surface area (Å²) in [5.41, 5.74) is 1.89. The highest BCUT2D eigenvalue weighted by molar-refractivity contribution is 7.17. The van der Waals surface area contributed by atoms with Crippen LogP contribution in [0.25, 0.3) is 10.2 Å². The molecule has 2 amide bonds. The van der Waals surface area contributed by atoms with Gasteiger partial charge in [0.25, 0.3) is 0 Å². The minimum Gasteiger partial charge on any atom is -0.338 e. The summed E-state index contributed by atoms with van der Waals surface area (Å²) in [6.45, 7) is 0.567. The van der Waals surface area contributed by atoms with Gasteiger partial charge in [0.1, 0.15) is 4.83 Å². The fourth-order valence-electron chi connectivity index (χ4n) is 2.00. The highest BCUT2D eigenvalue weighted by atomic mass is 32.1.